The van der Waals surface area contributed by atoms with Crippen molar-refractivity contribution in [3.63, 3.8) is 0 Å². The van der Waals surface area contributed by atoms with E-state index in [-0.39, 0.29) is 29.9 Å². The minimum absolute atomic E-state index is 0.147. The largest absolute Gasteiger partial charge is 0.357 e. The van der Waals surface area contributed by atoms with Gasteiger partial charge in [-0.15, -0.1) is 11.8 Å². The third kappa shape index (κ3) is 7.62. The Morgan fingerprint density at radius 1 is 0.970 bits per heavy atom. The first-order chi connectivity index (χ1) is 16.0. The average molecular weight is 485 g/mol. The Morgan fingerprint density at radius 2 is 1.67 bits per heavy atom. The lowest BCUT2D eigenvalue weighted by molar-refractivity contribution is -0.139. The molecule has 3 aromatic rings. The molecule has 33 heavy (non-hydrogen) atoms. The second kappa shape index (κ2) is 12.4. The average Bonchev–Trinajstić information content (AvgIpc) is 2.82. The van der Waals surface area contributed by atoms with Gasteiger partial charge in [0.2, 0.25) is 11.8 Å². The highest BCUT2D eigenvalue weighted by molar-refractivity contribution is 7.99. The van der Waals surface area contributed by atoms with E-state index < -0.39 is 6.04 Å². The molecular formula is C26H26ClFN2O2S. The lowest BCUT2D eigenvalue weighted by Gasteiger charge is -2.31. The van der Waals surface area contributed by atoms with E-state index in [0.29, 0.717) is 17.2 Å². The van der Waals surface area contributed by atoms with Crippen LogP contribution < -0.4 is 5.32 Å². The summed E-state index contributed by atoms with van der Waals surface area (Å²) in [7, 11) is 1.58. The number of carbonyl (C=O) groups is 2. The van der Waals surface area contributed by atoms with Crippen molar-refractivity contribution in [2.75, 3.05) is 12.8 Å². The molecular weight excluding hydrogens is 459 g/mol. The molecule has 0 spiro atoms. The Kier molecular flexibility index (Phi) is 9.34. The molecule has 1 atom stereocenters. The van der Waals surface area contributed by atoms with E-state index in [1.54, 1.807) is 36.2 Å². The van der Waals surface area contributed by atoms with Crippen molar-refractivity contribution in [1.82, 2.24) is 10.2 Å². The topological polar surface area (TPSA) is 49.4 Å². The van der Waals surface area contributed by atoms with Crippen LogP contribution in [-0.4, -0.2) is 35.6 Å². The molecule has 0 aromatic heterocycles. The quantitative estimate of drug-likeness (QED) is 0.435. The van der Waals surface area contributed by atoms with E-state index in [2.05, 4.69) is 5.32 Å². The first-order valence-electron chi connectivity index (χ1n) is 10.6. The van der Waals surface area contributed by atoms with E-state index in [1.165, 1.54) is 23.9 Å². The molecule has 0 saturated carbocycles. The standard InChI is InChI=1S/C26H26ClFN2O2S/c1-29-26(32)24(15-19-6-3-2-4-7-19)30(16-21-8-5-9-22(27)14-21)25(31)18-33-17-20-10-12-23(28)13-11-20/h2-14,24H,15-18H2,1H3,(H,29,32)/t24-/m1/s1. The van der Waals surface area contributed by atoms with Gasteiger partial charge in [0, 0.05) is 30.8 Å². The Hall–Kier alpha value is -2.83. The Bertz CT molecular complexity index is 1060. The maximum Gasteiger partial charge on any atom is 0.242 e. The molecule has 4 nitrogen and oxygen atoms in total. The molecule has 0 unspecified atom stereocenters. The van der Waals surface area contributed by atoms with Crippen LogP contribution in [0.2, 0.25) is 5.02 Å². The first kappa shape index (κ1) is 24.8. The van der Waals surface area contributed by atoms with Crippen LogP contribution in [0.4, 0.5) is 4.39 Å². The van der Waals surface area contributed by atoms with Crippen LogP contribution in [0, 0.1) is 5.82 Å². The summed E-state index contributed by atoms with van der Waals surface area (Å²) in [4.78, 5) is 27.9. The molecule has 7 heteroatoms. The van der Waals surface area contributed by atoms with Gasteiger partial charge in [0.05, 0.1) is 5.75 Å². The van der Waals surface area contributed by atoms with E-state index in [1.807, 2.05) is 42.5 Å². The van der Waals surface area contributed by atoms with Gasteiger partial charge < -0.3 is 10.2 Å². The predicted molar refractivity (Wildman–Crippen MR) is 133 cm³/mol. The number of thioether (sulfide) groups is 1. The highest BCUT2D eigenvalue weighted by atomic mass is 35.5. The zero-order chi connectivity index (χ0) is 23.6. The smallest absolute Gasteiger partial charge is 0.242 e. The van der Waals surface area contributed by atoms with Crippen LogP contribution in [0.5, 0.6) is 0 Å². The van der Waals surface area contributed by atoms with Crippen molar-refractivity contribution in [3.8, 4) is 0 Å². The molecule has 0 aliphatic rings. The number of hydrogen-bond acceptors (Lipinski definition) is 3. The number of likely N-dealkylation sites (N-methyl/N-ethyl adjacent to an activating group) is 1. The minimum atomic E-state index is -0.671. The Labute approximate surface area is 203 Å². The third-order valence-corrected chi connectivity index (χ3v) is 6.39. The summed E-state index contributed by atoms with van der Waals surface area (Å²) in [6.07, 6.45) is 0.398. The fraction of sp³-hybridized carbons (Fsp3) is 0.231. The zero-order valence-corrected chi connectivity index (χ0v) is 19.9. The van der Waals surface area contributed by atoms with Crippen LogP contribution in [0.15, 0.2) is 78.9 Å². The van der Waals surface area contributed by atoms with Gasteiger partial charge in [-0.3, -0.25) is 9.59 Å². The molecule has 0 radical (unpaired) electrons. The van der Waals surface area contributed by atoms with Crippen molar-refractivity contribution < 1.29 is 14.0 Å². The van der Waals surface area contributed by atoms with Gasteiger partial charge in [-0.05, 0) is 41.0 Å². The van der Waals surface area contributed by atoms with E-state index >= 15 is 0 Å². The fourth-order valence-corrected chi connectivity index (χ4v) is 4.56. The molecule has 0 saturated heterocycles. The van der Waals surface area contributed by atoms with Crippen LogP contribution in [-0.2, 0) is 28.3 Å². The summed E-state index contributed by atoms with van der Waals surface area (Å²) in [5, 5.41) is 3.28. The Balaban J connectivity index is 1.80. The maximum absolute atomic E-state index is 13.4. The highest BCUT2D eigenvalue weighted by Crippen LogP contribution is 2.20. The van der Waals surface area contributed by atoms with Crippen molar-refractivity contribution in [3.05, 3.63) is 106 Å². The number of halogens is 2. The highest BCUT2D eigenvalue weighted by Gasteiger charge is 2.29. The molecule has 0 aliphatic carbocycles. The van der Waals surface area contributed by atoms with Crippen molar-refractivity contribution in [2.45, 2.75) is 24.8 Å². The van der Waals surface area contributed by atoms with Crippen LogP contribution in [0.1, 0.15) is 16.7 Å². The normalized spacial score (nSPS) is 11.6. The molecule has 2 amide bonds. The van der Waals surface area contributed by atoms with Gasteiger partial charge in [0.15, 0.2) is 0 Å². The number of rotatable bonds is 10. The molecule has 0 fully saturated rings. The SMILES string of the molecule is CNC(=O)[C@@H](Cc1ccccc1)N(Cc1cccc(Cl)c1)C(=O)CSCc1ccc(F)cc1. The molecule has 0 heterocycles. The van der Waals surface area contributed by atoms with E-state index in [9.17, 15) is 14.0 Å². The van der Waals surface area contributed by atoms with Crippen LogP contribution in [0.25, 0.3) is 0 Å². The molecule has 172 valence electrons. The third-order valence-electron chi connectivity index (χ3n) is 5.17. The van der Waals surface area contributed by atoms with Crippen molar-refractivity contribution in [1.29, 1.82) is 0 Å². The lowest BCUT2D eigenvalue weighted by atomic mass is 10.0. The summed E-state index contributed by atoms with van der Waals surface area (Å²) < 4.78 is 13.1. The molecule has 3 aromatic carbocycles. The summed E-state index contributed by atoms with van der Waals surface area (Å²) in [6, 6.07) is 22.5. The summed E-state index contributed by atoms with van der Waals surface area (Å²) in [5.41, 5.74) is 2.75. The monoisotopic (exact) mass is 484 g/mol. The van der Waals surface area contributed by atoms with Gasteiger partial charge >= 0.3 is 0 Å². The number of amides is 2. The van der Waals surface area contributed by atoms with Gasteiger partial charge in [-0.25, -0.2) is 4.39 Å². The summed E-state index contributed by atoms with van der Waals surface area (Å²) >= 11 is 7.59. The number of carbonyl (C=O) groups excluding carboxylic acids is 2. The van der Waals surface area contributed by atoms with Crippen molar-refractivity contribution in [2.24, 2.45) is 0 Å². The number of nitrogens with zero attached hydrogens (tertiary/aromatic N) is 1. The molecule has 1 N–H and O–H groups in total. The van der Waals surface area contributed by atoms with Crippen LogP contribution in [0.3, 0.4) is 0 Å². The molecule has 0 aliphatic heterocycles. The van der Waals surface area contributed by atoms with Gasteiger partial charge in [-0.2, -0.15) is 0 Å². The summed E-state index contributed by atoms with van der Waals surface area (Å²) in [6.45, 7) is 0.265. The zero-order valence-electron chi connectivity index (χ0n) is 18.3. The molecule has 0 bridgehead atoms. The maximum atomic E-state index is 13.4. The first-order valence-corrected chi connectivity index (χ1v) is 12.1. The van der Waals surface area contributed by atoms with Gasteiger partial charge in [0.1, 0.15) is 11.9 Å². The fourth-order valence-electron chi connectivity index (χ4n) is 3.47. The van der Waals surface area contributed by atoms with Crippen LogP contribution >= 0.6 is 23.4 Å². The predicted octanol–water partition coefficient (Wildman–Crippen LogP) is 5.10. The number of hydrogen-bond donors (Lipinski definition) is 1. The second-order valence-corrected chi connectivity index (χ2v) is 9.01. The van der Waals surface area contributed by atoms with E-state index in [4.69, 9.17) is 11.6 Å². The minimum Gasteiger partial charge on any atom is -0.357 e. The summed E-state index contributed by atoms with van der Waals surface area (Å²) in [5.74, 6) is 0.104. The number of nitrogens with one attached hydrogen (secondary N) is 1. The van der Waals surface area contributed by atoms with Gasteiger partial charge in [-0.1, -0.05) is 66.2 Å². The van der Waals surface area contributed by atoms with Gasteiger partial charge in [0.25, 0.3) is 0 Å². The van der Waals surface area contributed by atoms with Crippen molar-refractivity contribution >= 4 is 35.2 Å². The number of benzene rings is 3. The second-order valence-electron chi connectivity index (χ2n) is 7.59. The Morgan fingerprint density at radius 3 is 2.33 bits per heavy atom. The van der Waals surface area contributed by atoms with E-state index in [0.717, 1.165) is 16.7 Å². The lowest BCUT2D eigenvalue weighted by Crippen LogP contribution is -2.50. The molecule has 3 rings (SSSR count).